The van der Waals surface area contributed by atoms with Crippen molar-refractivity contribution in [3.63, 3.8) is 0 Å². The van der Waals surface area contributed by atoms with Gasteiger partial charge in [-0.25, -0.2) is 0 Å². The van der Waals surface area contributed by atoms with E-state index < -0.39 is 0 Å². The van der Waals surface area contributed by atoms with Gasteiger partial charge >= 0.3 is 0 Å². The van der Waals surface area contributed by atoms with Crippen LogP contribution in [-0.4, -0.2) is 18.3 Å². The average molecular weight is 124 g/mol. The molecule has 0 amide bonds. The van der Waals surface area contributed by atoms with E-state index in [0.29, 0.717) is 12.5 Å². The van der Waals surface area contributed by atoms with E-state index in [0.717, 1.165) is 5.75 Å². The summed E-state index contributed by atoms with van der Waals surface area (Å²) in [5.41, 5.74) is 0. The molecule has 3 heteroatoms. The summed E-state index contributed by atoms with van der Waals surface area (Å²) in [6.07, 6.45) is 0. The van der Waals surface area contributed by atoms with Gasteiger partial charge in [0.05, 0.1) is 12.5 Å². The minimum Gasteiger partial charge on any atom is -0.370 e. The van der Waals surface area contributed by atoms with Crippen LogP contribution in [0.1, 0.15) is 0 Å². The van der Waals surface area contributed by atoms with Crippen LogP contribution in [0, 0.1) is 0 Å². The van der Waals surface area contributed by atoms with Crippen molar-refractivity contribution in [2.24, 2.45) is 0 Å². The molecule has 38 valence electrons. The largest absolute Gasteiger partial charge is 0.370 e. The summed E-state index contributed by atoms with van der Waals surface area (Å²) in [7, 11) is 0. The maximum absolute atomic E-state index is 4.77. The second-order valence-corrected chi connectivity index (χ2v) is 1.47. The molecule has 0 aromatic rings. The van der Waals surface area contributed by atoms with Crippen molar-refractivity contribution in [2.45, 2.75) is 0 Å². The zero-order valence-electron chi connectivity index (χ0n) is 3.42. The zero-order valence-corrected chi connectivity index (χ0v) is 5.21. The highest BCUT2D eigenvalue weighted by Crippen LogP contribution is 1.78. The molecule has 1 nitrogen and oxygen atoms in total. The first-order valence-corrected chi connectivity index (χ1v) is 2.97. The lowest BCUT2D eigenvalue weighted by molar-refractivity contribution is 0.203. The number of hydrogen-bond acceptors (Lipinski definition) is 3. The van der Waals surface area contributed by atoms with Crippen molar-refractivity contribution in [3.05, 3.63) is 0 Å². The van der Waals surface area contributed by atoms with Crippen LogP contribution in [0.25, 0.3) is 0 Å². The summed E-state index contributed by atoms with van der Waals surface area (Å²) in [6, 6.07) is 0. The molecule has 0 aliphatic heterocycles. The highest BCUT2D eigenvalue weighted by molar-refractivity contribution is 7.80. The molecule has 0 unspecified atom stereocenters. The standard InChI is InChI=1S/C3H8OS2/c5-2-1-4-3-6/h5-6H,1-3H2. The maximum Gasteiger partial charge on any atom is 0.0892 e. The summed E-state index contributed by atoms with van der Waals surface area (Å²) in [4.78, 5) is 0. The molecular weight excluding hydrogens is 116 g/mol. The lowest BCUT2D eigenvalue weighted by Gasteiger charge is -1.90. The van der Waals surface area contributed by atoms with Crippen molar-refractivity contribution in [1.82, 2.24) is 0 Å². The first-order chi connectivity index (χ1) is 2.91. The van der Waals surface area contributed by atoms with E-state index in [1.807, 2.05) is 0 Å². The Morgan fingerprint density at radius 3 is 2.17 bits per heavy atom. The van der Waals surface area contributed by atoms with E-state index in [9.17, 15) is 0 Å². The summed E-state index contributed by atoms with van der Waals surface area (Å²) in [6.45, 7) is 0.701. The molecule has 0 saturated heterocycles. The maximum atomic E-state index is 4.77. The zero-order chi connectivity index (χ0) is 4.83. The third-order valence-electron chi connectivity index (χ3n) is 0.327. The van der Waals surface area contributed by atoms with Gasteiger partial charge in [0.2, 0.25) is 0 Å². The van der Waals surface area contributed by atoms with E-state index in [2.05, 4.69) is 25.3 Å². The molecule has 0 rings (SSSR count). The molecule has 0 spiro atoms. The number of hydrogen-bond donors (Lipinski definition) is 2. The van der Waals surface area contributed by atoms with Crippen LogP contribution in [0.3, 0.4) is 0 Å². The SMILES string of the molecule is SCCOCS. The Hall–Kier alpha value is 0.660. The summed E-state index contributed by atoms with van der Waals surface area (Å²) < 4.78 is 4.77. The first kappa shape index (κ1) is 6.66. The molecule has 0 aromatic carbocycles. The Kier molecular flexibility index (Phi) is 6.28. The van der Waals surface area contributed by atoms with Crippen LogP contribution in [0.4, 0.5) is 0 Å². The molecule has 0 heterocycles. The first-order valence-electron chi connectivity index (χ1n) is 1.71. The average Bonchev–Trinajstić information content (AvgIpc) is 1.61. The monoisotopic (exact) mass is 124 g/mol. The Balaban J connectivity index is 2.34. The van der Waals surface area contributed by atoms with Crippen molar-refractivity contribution in [1.29, 1.82) is 0 Å². The van der Waals surface area contributed by atoms with Crippen LogP contribution in [0.2, 0.25) is 0 Å². The van der Waals surface area contributed by atoms with Gasteiger partial charge in [-0.05, 0) is 0 Å². The van der Waals surface area contributed by atoms with Gasteiger partial charge in [0.25, 0.3) is 0 Å². The lowest BCUT2D eigenvalue weighted by atomic mass is 10.9. The van der Waals surface area contributed by atoms with Gasteiger partial charge in [0.15, 0.2) is 0 Å². The van der Waals surface area contributed by atoms with Crippen LogP contribution in [-0.2, 0) is 4.74 Å². The van der Waals surface area contributed by atoms with Crippen molar-refractivity contribution < 1.29 is 4.74 Å². The number of ether oxygens (including phenoxy) is 1. The number of rotatable bonds is 3. The molecule has 0 N–H and O–H groups in total. The lowest BCUT2D eigenvalue weighted by Crippen LogP contribution is -1.90. The Morgan fingerprint density at radius 2 is 2.00 bits per heavy atom. The highest BCUT2D eigenvalue weighted by Gasteiger charge is 1.73. The van der Waals surface area contributed by atoms with Gasteiger partial charge in [-0.2, -0.15) is 25.3 Å². The Labute approximate surface area is 48.9 Å². The predicted octanol–water partition coefficient (Wildman–Crippen LogP) is 0.820. The molecule has 0 aliphatic carbocycles. The van der Waals surface area contributed by atoms with Gasteiger partial charge < -0.3 is 4.74 Å². The third kappa shape index (κ3) is 4.66. The predicted molar refractivity (Wildman–Crippen MR) is 33.7 cm³/mol. The fraction of sp³-hybridized carbons (Fsp3) is 1.00. The van der Waals surface area contributed by atoms with Crippen molar-refractivity contribution >= 4 is 25.3 Å². The Morgan fingerprint density at radius 1 is 1.33 bits per heavy atom. The third-order valence-corrected chi connectivity index (χ3v) is 0.692. The molecule has 0 bridgehead atoms. The minimum atomic E-state index is 0.501. The van der Waals surface area contributed by atoms with Crippen LogP contribution >= 0.6 is 25.3 Å². The van der Waals surface area contributed by atoms with Crippen molar-refractivity contribution in [2.75, 3.05) is 18.3 Å². The fourth-order valence-corrected chi connectivity index (χ4v) is 0.387. The van der Waals surface area contributed by atoms with Crippen LogP contribution < -0.4 is 0 Å². The number of thiol groups is 2. The van der Waals surface area contributed by atoms with Gasteiger partial charge in [-0.15, -0.1) is 0 Å². The summed E-state index contributed by atoms with van der Waals surface area (Å²) in [5.74, 6) is 1.28. The molecule has 0 fully saturated rings. The van der Waals surface area contributed by atoms with E-state index in [1.165, 1.54) is 0 Å². The summed E-state index contributed by atoms with van der Waals surface area (Å²) >= 11 is 7.69. The second-order valence-electron chi connectivity index (χ2n) is 0.761. The minimum absolute atomic E-state index is 0.501. The van der Waals surface area contributed by atoms with Crippen LogP contribution in [0.15, 0.2) is 0 Å². The molecule has 0 aromatic heterocycles. The molecule has 0 aliphatic rings. The van der Waals surface area contributed by atoms with E-state index in [1.54, 1.807) is 0 Å². The smallest absolute Gasteiger partial charge is 0.0892 e. The van der Waals surface area contributed by atoms with E-state index in [4.69, 9.17) is 4.74 Å². The van der Waals surface area contributed by atoms with E-state index in [-0.39, 0.29) is 0 Å². The van der Waals surface area contributed by atoms with E-state index >= 15 is 0 Å². The molecule has 0 radical (unpaired) electrons. The second kappa shape index (κ2) is 5.66. The highest BCUT2D eigenvalue weighted by atomic mass is 32.1. The van der Waals surface area contributed by atoms with Gasteiger partial charge in [-0.3, -0.25) is 0 Å². The summed E-state index contributed by atoms with van der Waals surface area (Å²) in [5, 5.41) is 0. The normalized spacial score (nSPS) is 9.00. The Bertz CT molecular complexity index is 20.8. The van der Waals surface area contributed by atoms with Gasteiger partial charge in [-0.1, -0.05) is 0 Å². The van der Waals surface area contributed by atoms with Gasteiger partial charge in [0.1, 0.15) is 0 Å². The molecule has 0 saturated carbocycles. The topological polar surface area (TPSA) is 9.23 Å². The molecular formula is C3H8OS2. The fourth-order valence-electron chi connectivity index (χ4n) is 0.129. The van der Waals surface area contributed by atoms with Gasteiger partial charge in [0, 0.05) is 5.75 Å². The van der Waals surface area contributed by atoms with Crippen LogP contribution in [0.5, 0.6) is 0 Å². The quantitative estimate of drug-likeness (QED) is 0.322. The van der Waals surface area contributed by atoms with Crippen molar-refractivity contribution in [3.8, 4) is 0 Å². The molecule has 0 atom stereocenters. The molecule has 6 heavy (non-hydrogen) atoms.